The van der Waals surface area contributed by atoms with E-state index in [9.17, 15) is 4.79 Å². The Hall–Kier alpha value is -2.70. The van der Waals surface area contributed by atoms with Gasteiger partial charge in [0.25, 0.3) is 0 Å². The van der Waals surface area contributed by atoms with E-state index in [1.807, 2.05) is 19.1 Å². The quantitative estimate of drug-likeness (QED) is 0.515. The first-order valence-corrected chi connectivity index (χ1v) is 12.8. The maximum atomic E-state index is 13.1. The fourth-order valence-corrected chi connectivity index (χ4v) is 5.55. The standard InChI is InChI=1S/C29H40N4O2/c1-19(2)14-25(30)28(34)35-29(4,22-8-7-11-31-18-22)17-21-15-20(3)16-24-23-9-12-32(5)13-10-26(23)33(6)27(21)24/h7-8,11,15-16,18-19,25H,9-10,12-14,17,30H2,1-6H3. The predicted octanol–water partition coefficient (Wildman–Crippen LogP) is 4.29. The molecule has 2 aromatic heterocycles. The van der Waals surface area contributed by atoms with Crippen LogP contribution in [0, 0.1) is 12.8 Å². The summed E-state index contributed by atoms with van der Waals surface area (Å²) in [6, 6.07) is 7.78. The van der Waals surface area contributed by atoms with Crippen molar-refractivity contribution in [2.75, 3.05) is 20.1 Å². The molecule has 0 spiro atoms. The molecule has 0 radical (unpaired) electrons. The highest BCUT2D eigenvalue weighted by molar-refractivity contribution is 5.89. The number of nitrogens with two attached hydrogens (primary N) is 1. The third-order valence-corrected chi connectivity index (χ3v) is 7.37. The van der Waals surface area contributed by atoms with Crippen LogP contribution in [0.4, 0.5) is 0 Å². The Kier molecular flexibility index (Phi) is 7.34. The summed E-state index contributed by atoms with van der Waals surface area (Å²) in [5, 5.41) is 1.32. The van der Waals surface area contributed by atoms with Crippen molar-refractivity contribution in [2.45, 2.75) is 65.0 Å². The number of aryl methyl sites for hydroxylation is 2. The van der Waals surface area contributed by atoms with Crippen molar-refractivity contribution in [1.29, 1.82) is 0 Å². The monoisotopic (exact) mass is 476 g/mol. The maximum Gasteiger partial charge on any atom is 0.323 e. The summed E-state index contributed by atoms with van der Waals surface area (Å²) in [5.41, 5.74) is 12.7. The molecular weight excluding hydrogens is 436 g/mol. The highest BCUT2D eigenvalue weighted by Gasteiger charge is 2.35. The van der Waals surface area contributed by atoms with Gasteiger partial charge in [-0.3, -0.25) is 9.78 Å². The van der Waals surface area contributed by atoms with Gasteiger partial charge < -0.3 is 19.9 Å². The van der Waals surface area contributed by atoms with E-state index < -0.39 is 11.6 Å². The second kappa shape index (κ2) is 10.1. The second-order valence-corrected chi connectivity index (χ2v) is 10.9. The fraction of sp³-hybridized carbons (Fsp3) is 0.517. The normalized spacial score (nSPS) is 17.1. The number of carbonyl (C=O) groups excluding carboxylic acids is 1. The lowest BCUT2D eigenvalue weighted by Crippen LogP contribution is -2.40. The molecule has 0 saturated heterocycles. The molecule has 4 rings (SSSR count). The molecular formula is C29H40N4O2. The molecule has 0 aliphatic carbocycles. The number of hydrogen-bond donors (Lipinski definition) is 1. The van der Waals surface area contributed by atoms with E-state index in [0.717, 1.165) is 31.5 Å². The minimum atomic E-state index is -0.886. The Bertz CT molecular complexity index is 1200. The zero-order chi connectivity index (χ0) is 25.3. The van der Waals surface area contributed by atoms with Gasteiger partial charge in [0.2, 0.25) is 0 Å². The molecule has 188 valence electrons. The first kappa shape index (κ1) is 25.4. The summed E-state index contributed by atoms with van der Waals surface area (Å²) in [4.78, 5) is 19.8. The van der Waals surface area contributed by atoms with Gasteiger partial charge in [0.1, 0.15) is 11.6 Å². The van der Waals surface area contributed by atoms with Crippen LogP contribution in [0.25, 0.3) is 10.9 Å². The van der Waals surface area contributed by atoms with E-state index in [4.69, 9.17) is 10.5 Å². The number of hydrogen-bond acceptors (Lipinski definition) is 5. The largest absolute Gasteiger partial charge is 0.453 e. The Labute approximate surface area is 209 Å². The highest BCUT2D eigenvalue weighted by Crippen LogP contribution is 2.37. The topological polar surface area (TPSA) is 73.4 Å². The van der Waals surface area contributed by atoms with Crippen molar-refractivity contribution in [1.82, 2.24) is 14.5 Å². The van der Waals surface area contributed by atoms with Gasteiger partial charge in [0.15, 0.2) is 0 Å². The molecule has 1 aromatic carbocycles. The van der Waals surface area contributed by atoms with Gasteiger partial charge in [-0.1, -0.05) is 31.5 Å². The second-order valence-electron chi connectivity index (χ2n) is 10.9. The van der Waals surface area contributed by atoms with Crippen LogP contribution < -0.4 is 5.73 Å². The molecule has 0 saturated carbocycles. The van der Waals surface area contributed by atoms with Gasteiger partial charge in [0.05, 0.1) is 5.52 Å². The first-order chi connectivity index (χ1) is 16.6. The van der Waals surface area contributed by atoms with Gasteiger partial charge in [-0.15, -0.1) is 0 Å². The number of nitrogens with zero attached hydrogens (tertiary/aromatic N) is 3. The van der Waals surface area contributed by atoms with Gasteiger partial charge in [-0.05, 0) is 62.9 Å². The lowest BCUT2D eigenvalue weighted by Gasteiger charge is -2.32. The molecule has 0 fully saturated rings. The number of ether oxygens (including phenoxy) is 1. The molecule has 6 heteroatoms. The number of likely N-dealkylation sites (N-methyl/N-ethyl adjacent to an activating group) is 1. The molecule has 2 unspecified atom stereocenters. The summed E-state index contributed by atoms with van der Waals surface area (Å²) in [5.74, 6) is -0.0453. The Balaban J connectivity index is 1.78. The molecule has 6 nitrogen and oxygen atoms in total. The first-order valence-electron chi connectivity index (χ1n) is 12.8. The van der Waals surface area contributed by atoms with E-state index in [-0.39, 0.29) is 5.97 Å². The molecule has 3 heterocycles. The van der Waals surface area contributed by atoms with Crippen LogP contribution in [0.2, 0.25) is 0 Å². The molecule has 2 atom stereocenters. The van der Waals surface area contributed by atoms with Gasteiger partial charge in [-0.2, -0.15) is 0 Å². The summed E-state index contributed by atoms with van der Waals surface area (Å²) in [7, 11) is 4.37. The SMILES string of the molecule is Cc1cc(CC(C)(OC(=O)C(N)CC(C)C)c2cccnc2)c2c(c1)c1c(n2C)CCN(C)CC1. The van der Waals surface area contributed by atoms with Crippen LogP contribution >= 0.6 is 0 Å². The van der Waals surface area contributed by atoms with E-state index in [2.05, 4.69) is 61.5 Å². The van der Waals surface area contributed by atoms with Crippen molar-refractivity contribution >= 4 is 16.9 Å². The molecule has 0 amide bonds. The average molecular weight is 477 g/mol. The zero-order valence-corrected chi connectivity index (χ0v) is 22.1. The van der Waals surface area contributed by atoms with Crippen LogP contribution in [-0.2, 0) is 41.4 Å². The smallest absolute Gasteiger partial charge is 0.323 e. The Morgan fingerprint density at radius 2 is 1.97 bits per heavy atom. The van der Waals surface area contributed by atoms with Crippen molar-refractivity contribution in [3.8, 4) is 0 Å². The molecule has 0 bridgehead atoms. The summed E-state index contributed by atoms with van der Waals surface area (Å²) < 4.78 is 8.61. The van der Waals surface area contributed by atoms with E-state index >= 15 is 0 Å². The van der Waals surface area contributed by atoms with Crippen molar-refractivity contribution < 1.29 is 9.53 Å². The molecule has 3 aromatic rings. The van der Waals surface area contributed by atoms with Gasteiger partial charge in [-0.25, -0.2) is 0 Å². The number of esters is 1. The lowest BCUT2D eigenvalue weighted by atomic mass is 9.87. The van der Waals surface area contributed by atoms with E-state index in [1.165, 1.54) is 33.3 Å². The van der Waals surface area contributed by atoms with E-state index in [0.29, 0.717) is 18.8 Å². The summed E-state index contributed by atoms with van der Waals surface area (Å²) >= 11 is 0. The molecule has 1 aliphatic rings. The third-order valence-electron chi connectivity index (χ3n) is 7.37. The fourth-order valence-electron chi connectivity index (χ4n) is 5.55. The minimum absolute atomic E-state index is 0.316. The molecule has 35 heavy (non-hydrogen) atoms. The van der Waals surface area contributed by atoms with Crippen molar-refractivity contribution in [3.05, 3.63) is 64.6 Å². The maximum absolute atomic E-state index is 13.1. The number of fused-ring (bicyclic) bond motifs is 3. The third kappa shape index (κ3) is 5.29. The average Bonchev–Trinajstić information content (AvgIpc) is 2.92. The number of benzene rings is 1. The van der Waals surface area contributed by atoms with Crippen LogP contribution in [-0.4, -0.2) is 46.6 Å². The van der Waals surface area contributed by atoms with Crippen LogP contribution in [0.5, 0.6) is 0 Å². The van der Waals surface area contributed by atoms with E-state index in [1.54, 1.807) is 12.4 Å². The van der Waals surface area contributed by atoms with Crippen molar-refractivity contribution in [3.63, 3.8) is 0 Å². The highest BCUT2D eigenvalue weighted by atomic mass is 16.6. The predicted molar refractivity (Wildman–Crippen MR) is 141 cm³/mol. The molecule has 2 N–H and O–H groups in total. The summed E-state index contributed by atoms with van der Waals surface area (Å²) in [6.07, 6.45) is 6.76. The Morgan fingerprint density at radius 1 is 1.23 bits per heavy atom. The van der Waals surface area contributed by atoms with Crippen LogP contribution in [0.15, 0.2) is 36.7 Å². The van der Waals surface area contributed by atoms with Gasteiger partial charge >= 0.3 is 5.97 Å². The molecule has 1 aliphatic heterocycles. The number of rotatable bonds is 7. The number of carbonyl (C=O) groups is 1. The number of pyridine rings is 1. The zero-order valence-electron chi connectivity index (χ0n) is 22.1. The lowest BCUT2D eigenvalue weighted by molar-refractivity contribution is -0.161. The van der Waals surface area contributed by atoms with Gasteiger partial charge in [0, 0.05) is 62.0 Å². The van der Waals surface area contributed by atoms with Crippen molar-refractivity contribution in [2.24, 2.45) is 18.7 Å². The minimum Gasteiger partial charge on any atom is -0.453 e. The Morgan fingerprint density at radius 3 is 2.66 bits per heavy atom. The number of aromatic nitrogens is 2. The van der Waals surface area contributed by atoms with Crippen LogP contribution in [0.1, 0.15) is 55.1 Å². The van der Waals surface area contributed by atoms with Crippen LogP contribution in [0.3, 0.4) is 0 Å². The summed E-state index contributed by atoms with van der Waals surface area (Å²) in [6.45, 7) is 10.4.